The second-order valence-electron chi connectivity index (χ2n) is 3.76. The molecule has 16 heavy (non-hydrogen) atoms. The number of esters is 1. The Labute approximate surface area is 97.9 Å². The van der Waals surface area contributed by atoms with Crippen LogP contribution in [0.3, 0.4) is 0 Å². The summed E-state index contributed by atoms with van der Waals surface area (Å²) in [6, 6.07) is 0. The van der Waals surface area contributed by atoms with Crippen LogP contribution in [0.1, 0.15) is 46.0 Å². The quantitative estimate of drug-likeness (QED) is 0.461. The van der Waals surface area contributed by atoms with E-state index in [-0.39, 0.29) is 6.61 Å². The molecule has 0 spiro atoms. The van der Waals surface area contributed by atoms with Gasteiger partial charge in [0.2, 0.25) is 0 Å². The average Bonchev–Trinajstić information content (AvgIpc) is 2.31. The lowest BCUT2D eigenvalue weighted by Crippen LogP contribution is -2.23. The molecule has 0 saturated heterocycles. The average molecular weight is 232 g/mol. The number of ether oxygens (including phenoxy) is 2. The molecule has 0 aromatic rings. The van der Waals surface area contributed by atoms with E-state index in [9.17, 15) is 4.79 Å². The summed E-state index contributed by atoms with van der Waals surface area (Å²) in [5.41, 5.74) is 0. The zero-order valence-electron chi connectivity index (χ0n) is 10.4. The predicted molar refractivity (Wildman–Crippen MR) is 62.2 cm³/mol. The molecule has 0 fully saturated rings. The van der Waals surface area contributed by atoms with E-state index < -0.39 is 12.1 Å². The largest absolute Gasteiger partial charge is 0.461 e. The maximum absolute atomic E-state index is 11.0. The minimum Gasteiger partial charge on any atom is -0.461 e. The maximum atomic E-state index is 11.0. The zero-order chi connectivity index (χ0) is 12.2. The van der Waals surface area contributed by atoms with Crippen LogP contribution in [-0.4, -0.2) is 37.0 Å². The minimum atomic E-state index is -0.996. The molecule has 0 bridgehead atoms. The van der Waals surface area contributed by atoms with Crippen LogP contribution in [0, 0.1) is 0 Å². The van der Waals surface area contributed by atoms with Gasteiger partial charge in [0.25, 0.3) is 0 Å². The molecule has 0 heterocycles. The number of hydrogen-bond donors (Lipinski definition) is 1. The van der Waals surface area contributed by atoms with Crippen molar-refractivity contribution < 1.29 is 19.4 Å². The summed E-state index contributed by atoms with van der Waals surface area (Å²) in [5.74, 6) is -0.558. The first-order valence-corrected chi connectivity index (χ1v) is 6.14. The van der Waals surface area contributed by atoms with Crippen molar-refractivity contribution in [2.45, 2.75) is 52.1 Å². The van der Waals surface area contributed by atoms with Gasteiger partial charge in [0.05, 0.1) is 6.61 Å². The number of hydrogen-bond acceptors (Lipinski definition) is 4. The van der Waals surface area contributed by atoms with Crippen molar-refractivity contribution in [3.63, 3.8) is 0 Å². The van der Waals surface area contributed by atoms with Gasteiger partial charge < -0.3 is 14.6 Å². The topological polar surface area (TPSA) is 55.8 Å². The molecular weight excluding hydrogens is 208 g/mol. The molecule has 0 aromatic heterocycles. The van der Waals surface area contributed by atoms with E-state index in [1.54, 1.807) is 6.92 Å². The highest BCUT2D eigenvalue weighted by Gasteiger charge is 2.13. The standard InChI is InChI=1S/C12H24O4/c1-3-5-6-7-8-15-9-10-16-12(14)11(13)4-2/h11,13H,3-10H2,1-2H3. The lowest BCUT2D eigenvalue weighted by Gasteiger charge is -2.08. The molecule has 0 aliphatic carbocycles. The maximum Gasteiger partial charge on any atom is 0.335 e. The fourth-order valence-corrected chi connectivity index (χ4v) is 1.20. The first-order chi connectivity index (χ1) is 7.72. The van der Waals surface area contributed by atoms with Gasteiger partial charge in [-0.25, -0.2) is 4.79 Å². The lowest BCUT2D eigenvalue weighted by atomic mass is 10.2. The molecule has 1 atom stereocenters. The Bertz CT molecular complexity index is 170. The van der Waals surface area contributed by atoms with Crippen LogP contribution in [0.5, 0.6) is 0 Å². The van der Waals surface area contributed by atoms with Gasteiger partial charge in [-0.05, 0) is 12.8 Å². The molecule has 4 nitrogen and oxygen atoms in total. The highest BCUT2D eigenvalue weighted by molar-refractivity contribution is 5.74. The van der Waals surface area contributed by atoms with Crippen molar-refractivity contribution in [1.29, 1.82) is 0 Å². The van der Waals surface area contributed by atoms with Gasteiger partial charge in [0.1, 0.15) is 6.61 Å². The van der Waals surface area contributed by atoms with Gasteiger partial charge in [0.15, 0.2) is 6.10 Å². The number of aliphatic hydroxyl groups is 1. The summed E-state index contributed by atoms with van der Waals surface area (Å²) in [6.45, 7) is 5.25. The third-order valence-corrected chi connectivity index (χ3v) is 2.27. The molecule has 0 radical (unpaired) electrons. The number of aliphatic hydroxyl groups excluding tert-OH is 1. The Morgan fingerprint density at radius 1 is 1.12 bits per heavy atom. The molecule has 1 unspecified atom stereocenters. The van der Waals surface area contributed by atoms with Crippen molar-refractivity contribution in [1.82, 2.24) is 0 Å². The van der Waals surface area contributed by atoms with Crippen LogP contribution in [0.25, 0.3) is 0 Å². The van der Waals surface area contributed by atoms with Gasteiger partial charge in [-0.3, -0.25) is 0 Å². The summed E-state index contributed by atoms with van der Waals surface area (Å²) in [5, 5.41) is 9.11. The molecule has 96 valence electrons. The number of rotatable bonds is 10. The third-order valence-electron chi connectivity index (χ3n) is 2.27. The molecule has 1 N–H and O–H groups in total. The highest BCUT2D eigenvalue weighted by Crippen LogP contribution is 1.99. The van der Waals surface area contributed by atoms with Gasteiger partial charge in [0, 0.05) is 6.61 Å². The Kier molecular flexibility index (Phi) is 10.5. The zero-order valence-corrected chi connectivity index (χ0v) is 10.4. The van der Waals surface area contributed by atoms with E-state index in [2.05, 4.69) is 6.92 Å². The predicted octanol–water partition coefficient (Wildman–Crippen LogP) is 1.90. The number of carbonyl (C=O) groups excluding carboxylic acids is 1. The van der Waals surface area contributed by atoms with Crippen molar-refractivity contribution >= 4 is 5.97 Å². The number of carbonyl (C=O) groups is 1. The van der Waals surface area contributed by atoms with E-state index in [1.165, 1.54) is 19.3 Å². The van der Waals surface area contributed by atoms with E-state index >= 15 is 0 Å². The van der Waals surface area contributed by atoms with Crippen molar-refractivity contribution in [2.24, 2.45) is 0 Å². The van der Waals surface area contributed by atoms with Crippen molar-refractivity contribution in [3.05, 3.63) is 0 Å². The summed E-state index contributed by atoms with van der Waals surface area (Å²) >= 11 is 0. The van der Waals surface area contributed by atoms with Crippen LogP contribution in [0.4, 0.5) is 0 Å². The molecule has 0 aliphatic rings. The molecular formula is C12H24O4. The van der Waals surface area contributed by atoms with E-state index in [1.807, 2.05) is 0 Å². The third kappa shape index (κ3) is 8.68. The number of unbranched alkanes of at least 4 members (excludes halogenated alkanes) is 3. The van der Waals surface area contributed by atoms with E-state index in [0.717, 1.165) is 6.42 Å². The molecule has 0 aromatic carbocycles. The lowest BCUT2D eigenvalue weighted by molar-refractivity contribution is -0.155. The fraction of sp³-hybridized carbons (Fsp3) is 0.917. The smallest absolute Gasteiger partial charge is 0.335 e. The van der Waals surface area contributed by atoms with Gasteiger partial charge in [-0.1, -0.05) is 33.1 Å². The van der Waals surface area contributed by atoms with Crippen molar-refractivity contribution in [3.8, 4) is 0 Å². The summed E-state index contributed by atoms with van der Waals surface area (Å²) in [7, 11) is 0. The van der Waals surface area contributed by atoms with Crippen molar-refractivity contribution in [2.75, 3.05) is 19.8 Å². The van der Waals surface area contributed by atoms with Gasteiger partial charge in [-0.2, -0.15) is 0 Å². The van der Waals surface area contributed by atoms with E-state index in [0.29, 0.717) is 19.6 Å². The summed E-state index contributed by atoms with van der Waals surface area (Å²) in [6.07, 6.45) is 4.08. The summed E-state index contributed by atoms with van der Waals surface area (Å²) in [4.78, 5) is 11.0. The molecule has 0 amide bonds. The van der Waals surface area contributed by atoms with Crippen LogP contribution in [-0.2, 0) is 14.3 Å². The minimum absolute atomic E-state index is 0.226. The van der Waals surface area contributed by atoms with Crippen LogP contribution in [0.2, 0.25) is 0 Å². The monoisotopic (exact) mass is 232 g/mol. The summed E-state index contributed by atoms with van der Waals surface area (Å²) < 4.78 is 10.1. The molecule has 0 aliphatic heterocycles. The Morgan fingerprint density at radius 2 is 1.88 bits per heavy atom. The normalized spacial score (nSPS) is 12.4. The van der Waals surface area contributed by atoms with Gasteiger partial charge >= 0.3 is 5.97 Å². The highest BCUT2D eigenvalue weighted by atomic mass is 16.6. The Balaban J connectivity index is 3.18. The van der Waals surface area contributed by atoms with Crippen LogP contribution < -0.4 is 0 Å². The second kappa shape index (κ2) is 10.9. The first-order valence-electron chi connectivity index (χ1n) is 6.14. The second-order valence-corrected chi connectivity index (χ2v) is 3.76. The molecule has 0 rings (SSSR count). The van der Waals surface area contributed by atoms with Crippen LogP contribution >= 0.6 is 0 Å². The van der Waals surface area contributed by atoms with Crippen LogP contribution in [0.15, 0.2) is 0 Å². The molecule has 0 saturated carbocycles. The Morgan fingerprint density at radius 3 is 2.50 bits per heavy atom. The Hall–Kier alpha value is -0.610. The fourth-order valence-electron chi connectivity index (χ4n) is 1.20. The van der Waals surface area contributed by atoms with E-state index in [4.69, 9.17) is 14.6 Å². The van der Waals surface area contributed by atoms with Gasteiger partial charge in [-0.15, -0.1) is 0 Å². The first kappa shape index (κ1) is 15.4. The molecule has 4 heteroatoms. The SMILES string of the molecule is CCCCCCOCCOC(=O)C(O)CC.